The summed E-state index contributed by atoms with van der Waals surface area (Å²) < 4.78 is 0. The van der Waals surface area contributed by atoms with Crippen LogP contribution < -0.4 is 11.5 Å². The highest BCUT2D eigenvalue weighted by molar-refractivity contribution is 7.21. The number of aromatic nitrogens is 2. The third-order valence-electron chi connectivity index (χ3n) is 2.79. The standard InChI is InChI=1S/C13H12N4S/c1-7-2-4-8(5-3-7)9-6-10-12(17-11(9)14)18-13(15)16-10/h2-6H,1H3,(H2,14,17)(H2,15,16). The zero-order valence-electron chi connectivity index (χ0n) is 9.84. The molecule has 2 heterocycles. The molecule has 3 aromatic rings. The Morgan fingerprint density at radius 2 is 1.78 bits per heavy atom. The first-order valence-electron chi connectivity index (χ1n) is 5.53. The topological polar surface area (TPSA) is 77.8 Å². The number of aryl methyl sites for hydroxylation is 1. The van der Waals surface area contributed by atoms with E-state index in [0.29, 0.717) is 10.9 Å². The lowest BCUT2D eigenvalue weighted by molar-refractivity contribution is 1.40. The molecule has 0 fully saturated rings. The van der Waals surface area contributed by atoms with Crippen LogP contribution in [0.15, 0.2) is 30.3 Å². The molecule has 0 amide bonds. The quantitative estimate of drug-likeness (QED) is 0.701. The summed E-state index contributed by atoms with van der Waals surface area (Å²) >= 11 is 1.35. The van der Waals surface area contributed by atoms with E-state index in [9.17, 15) is 0 Å². The predicted octanol–water partition coefficient (Wildman–Crippen LogP) is 2.83. The molecular formula is C13H12N4S. The van der Waals surface area contributed by atoms with Crippen LogP contribution in [0.4, 0.5) is 10.9 Å². The molecule has 3 rings (SSSR count). The van der Waals surface area contributed by atoms with Crippen molar-refractivity contribution in [2.24, 2.45) is 0 Å². The number of anilines is 2. The zero-order valence-corrected chi connectivity index (χ0v) is 10.7. The number of hydrogen-bond acceptors (Lipinski definition) is 5. The van der Waals surface area contributed by atoms with E-state index in [2.05, 4.69) is 16.9 Å². The fraction of sp³-hybridized carbons (Fsp3) is 0.0769. The molecule has 5 heteroatoms. The van der Waals surface area contributed by atoms with Crippen LogP contribution in [0.2, 0.25) is 0 Å². The van der Waals surface area contributed by atoms with Crippen LogP contribution in [0.1, 0.15) is 5.56 Å². The zero-order chi connectivity index (χ0) is 12.7. The smallest absolute Gasteiger partial charge is 0.182 e. The third-order valence-corrected chi connectivity index (χ3v) is 3.59. The molecule has 0 aliphatic rings. The molecule has 2 aromatic heterocycles. The van der Waals surface area contributed by atoms with Gasteiger partial charge in [0.25, 0.3) is 0 Å². The van der Waals surface area contributed by atoms with Gasteiger partial charge in [0.15, 0.2) is 5.13 Å². The van der Waals surface area contributed by atoms with Crippen molar-refractivity contribution in [3.05, 3.63) is 35.9 Å². The number of nitrogen functional groups attached to an aromatic ring is 2. The van der Waals surface area contributed by atoms with Crippen LogP contribution in [0, 0.1) is 6.92 Å². The van der Waals surface area contributed by atoms with Gasteiger partial charge in [0.05, 0.1) is 0 Å². The monoisotopic (exact) mass is 256 g/mol. The highest BCUT2D eigenvalue weighted by Gasteiger charge is 2.09. The summed E-state index contributed by atoms with van der Waals surface area (Å²) in [6, 6.07) is 10.1. The lowest BCUT2D eigenvalue weighted by atomic mass is 10.1. The Labute approximate surface area is 108 Å². The van der Waals surface area contributed by atoms with Gasteiger partial charge in [-0.3, -0.25) is 0 Å². The van der Waals surface area contributed by atoms with E-state index in [1.807, 2.05) is 30.3 Å². The van der Waals surface area contributed by atoms with Crippen molar-refractivity contribution in [3.63, 3.8) is 0 Å². The van der Waals surface area contributed by atoms with Crippen molar-refractivity contribution in [3.8, 4) is 11.1 Å². The van der Waals surface area contributed by atoms with E-state index >= 15 is 0 Å². The first-order chi connectivity index (χ1) is 8.63. The molecule has 90 valence electrons. The summed E-state index contributed by atoms with van der Waals surface area (Å²) in [5.74, 6) is 0.509. The molecule has 0 atom stereocenters. The molecule has 0 unspecified atom stereocenters. The van der Waals surface area contributed by atoms with Crippen molar-refractivity contribution in [1.29, 1.82) is 0 Å². The maximum absolute atomic E-state index is 5.99. The van der Waals surface area contributed by atoms with E-state index in [-0.39, 0.29) is 0 Å². The number of fused-ring (bicyclic) bond motifs is 1. The summed E-state index contributed by atoms with van der Waals surface area (Å²) in [7, 11) is 0. The number of hydrogen-bond donors (Lipinski definition) is 2. The minimum atomic E-state index is 0.509. The molecule has 18 heavy (non-hydrogen) atoms. The lowest BCUT2D eigenvalue weighted by Gasteiger charge is -2.05. The fourth-order valence-corrected chi connectivity index (χ4v) is 2.55. The Hall–Kier alpha value is -2.14. The molecule has 1 aromatic carbocycles. The van der Waals surface area contributed by atoms with Crippen LogP contribution in [0.5, 0.6) is 0 Å². The van der Waals surface area contributed by atoms with Gasteiger partial charge in [0, 0.05) is 5.56 Å². The van der Waals surface area contributed by atoms with E-state index in [1.165, 1.54) is 16.9 Å². The van der Waals surface area contributed by atoms with Crippen LogP contribution in [0.25, 0.3) is 21.5 Å². The van der Waals surface area contributed by atoms with Gasteiger partial charge in [-0.05, 0) is 18.6 Å². The van der Waals surface area contributed by atoms with Crippen LogP contribution in [0.3, 0.4) is 0 Å². The fourth-order valence-electron chi connectivity index (χ4n) is 1.86. The van der Waals surface area contributed by atoms with Gasteiger partial charge >= 0.3 is 0 Å². The largest absolute Gasteiger partial charge is 0.383 e. The molecule has 0 bridgehead atoms. The summed E-state index contributed by atoms with van der Waals surface area (Å²) in [5.41, 5.74) is 15.6. The Morgan fingerprint density at radius 1 is 1.06 bits per heavy atom. The second-order valence-electron chi connectivity index (χ2n) is 4.16. The van der Waals surface area contributed by atoms with E-state index in [0.717, 1.165) is 21.5 Å². The summed E-state index contributed by atoms with van der Waals surface area (Å²) in [5, 5.41) is 0.512. The molecule has 0 saturated carbocycles. The third kappa shape index (κ3) is 1.78. The van der Waals surface area contributed by atoms with Gasteiger partial charge in [-0.25, -0.2) is 9.97 Å². The SMILES string of the molecule is Cc1ccc(-c2cc3nc(N)sc3nc2N)cc1. The molecule has 4 nitrogen and oxygen atoms in total. The number of rotatable bonds is 1. The Morgan fingerprint density at radius 3 is 2.50 bits per heavy atom. The average molecular weight is 256 g/mol. The number of pyridine rings is 1. The number of nitrogens with zero attached hydrogens (tertiary/aromatic N) is 2. The first kappa shape index (κ1) is 11.0. The van der Waals surface area contributed by atoms with Gasteiger partial charge < -0.3 is 11.5 Å². The minimum absolute atomic E-state index is 0.509. The van der Waals surface area contributed by atoms with Gasteiger partial charge in [0.1, 0.15) is 16.2 Å². The van der Waals surface area contributed by atoms with Gasteiger partial charge in [0.2, 0.25) is 0 Å². The van der Waals surface area contributed by atoms with E-state index in [1.54, 1.807) is 0 Å². The highest BCUT2D eigenvalue weighted by Crippen LogP contribution is 2.31. The van der Waals surface area contributed by atoms with Gasteiger partial charge in [-0.1, -0.05) is 41.2 Å². The average Bonchev–Trinajstić information content (AvgIpc) is 2.68. The Kier molecular flexibility index (Phi) is 2.41. The normalized spacial score (nSPS) is 10.9. The van der Waals surface area contributed by atoms with Crippen molar-refractivity contribution in [2.45, 2.75) is 6.92 Å². The summed E-state index contributed by atoms with van der Waals surface area (Å²) in [6.07, 6.45) is 0. The molecular weight excluding hydrogens is 244 g/mol. The second-order valence-corrected chi connectivity index (χ2v) is 5.17. The van der Waals surface area contributed by atoms with Crippen LogP contribution in [-0.2, 0) is 0 Å². The van der Waals surface area contributed by atoms with E-state index < -0.39 is 0 Å². The van der Waals surface area contributed by atoms with Crippen LogP contribution >= 0.6 is 11.3 Å². The number of thiazole rings is 1. The summed E-state index contributed by atoms with van der Waals surface area (Å²) in [6.45, 7) is 2.05. The van der Waals surface area contributed by atoms with Crippen molar-refractivity contribution < 1.29 is 0 Å². The number of benzene rings is 1. The van der Waals surface area contributed by atoms with Crippen molar-refractivity contribution in [2.75, 3.05) is 11.5 Å². The van der Waals surface area contributed by atoms with Crippen LogP contribution in [-0.4, -0.2) is 9.97 Å². The maximum atomic E-state index is 5.99. The highest BCUT2D eigenvalue weighted by atomic mass is 32.1. The predicted molar refractivity (Wildman–Crippen MR) is 76.4 cm³/mol. The molecule has 0 aliphatic heterocycles. The van der Waals surface area contributed by atoms with E-state index in [4.69, 9.17) is 11.5 Å². The molecule has 0 spiro atoms. The number of nitrogens with two attached hydrogens (primary N) is 2. The van der Waals surface area contributed by atoms with Gasteiger partial charge in [-0.2, -0.15) is 0 Å². The first-order valence-corrected chi connectivity index (χ1v) is 6.35. The van der Waals surface area contributed by atoms with Crippen molar-refractivity contribution >= 4 is 32.6 Å². The maximum Gasteiger partial charge on any atom is 0.182 e. The molecule has 0 aliphatic carbocycles. The molecule has 0 saturated heterocycles. The van der Waals surface area contributed by atoms with Crippen molar-refractivity contribution in [1.82, 2.24) is 9.97 Å². The minimum Gasteiger partial charge on any atom is -0.383 e. The molecule has 4 N–H and O–H groups in total. The Balaban J connectivity index is 2.21. The van der Waals surface area contributed by atoms with Gasteiger partial charge in [-0.15, -0.1) is 0 Å². The second kappa shape index (κ2) is 3.96. The summed E-state index contributed by atoms with van der Waals surface area (Å²) in [4.78, 5) is 9.36. The molecule has 0 radical (unpaired) electrons. The Bertz CT molecular complexity index is 716. The lowest BCUT2D eigenvalue weighted by Crippen LogP contribution is -1.94.